The third kappa shape index (κ3) is 3.38. The summed E-state index contributed by atoms with van der Waals surface area (Å²) in [6.45, 7) is 3.24. The molecular weight excluding hydrogens is 264 g/mol. The lowest BCUT2D eigenvalue weighted by molar-refractivity contribution is 0.302. The fourth-order valence-corrected chi connectivity index (χ4v) is 4.36. The van der Waals surface area contributed by atoms with Crippen molar-refractivity contribution in [1.29, 1.82) is 0 Å². The van der Waals surface area contributed by atoms with Crippen LogP contribution in [0.5, 0.6) is 0 Å². The molecule has 2 unspecified atom stereocenters. The van der Waals surface area contributed by atoms with Gasteiger partial charge in [0.15, 0.2) is 5.17 Å². The first kappa shape index (κ1) is 14.0. The van der Waals surface area contributed by atoms with Crippen LogP contribution >= 0.6 is 11.8 Å². The molecule has 3 heteroatoms. The lowest BCUT2D eigenvalue weighted by atomic mass is 9.85. The third-order valence-corrected chi connectivity index (χ3v) is 5.71. The maximum absolute atomic E-state index is 4.70. The maximum Gasteiger partial charge on any atom is 0.157 e. The molecule has 1 saturated carbocycles. The van der Waals surface area contributed by atoms with Crippen molar-refractivity contribution < 1.29 is 0 Å². The Kier molecular flexibility index (Phi) is 4.66. The topological polar surface area (TPSA) is 24.4 Å². The van der Waals surface area contributed by atoms with Gasteiger partial charge in [-0.25, -0.2) is 0 Å². The molecule has 2 nitrogen and oxygen atoms in total. The number of benzene rings is 1. The normalized spacial score (nSPS) is 25.2. The van der Waals surface area contributed by atoms with E-state index < -0.39 is 0 Å². The molecule has 2 atom stereocenters. The number of aliphatic imine (C=N–C) groups is 1. The Balaban J connectivity index is 1.52. The molecule has 0 saturated heterocycles. The van der Waals surface area contributed by atoms with Gasteiger partial charge in [0.2, 0.25) is 0 Å². The average Bonchev–Trinajstić information content (AvgIpc) is 2.97. The number of nitrogens with zero attached hydrogens (tertiary/aromatic N) is 1. The van der Waals surface area contributed by atoms with Gasteiger partial charge in [-0.3, -0.25) is 4.99 Å². The molecular formula is C17H24N2S. The number of rotatable bonds is 3. The van der Waals surface area contributed by atoms with Gasteiger partial charge >= 0.3 is 0 Å². The monoisotopic (exact) mass is 288 g/mol. The molecule has 0 aromatic heterocycles. The summed E-state index contributed by atoms with van der Waals surface area (Å²) >= 11 is 1.89. The van der Waals surface area contributed by atoms with Gasteiger partial charge in [0.1, 0.15) is 0 Å². The van der Waals surface area contributed by atoms with Crippen molar-refractivity contribution in [3.05, 3.63) is 35.9 Å². The molecule has 1 aliphatic carbocycles. The Morgan fingerprint density at radius 2 is 1.90 bits per heavy atom. The predicted octanol–water partition coefficient (Wildman–Crippen LogP) is 4.39. The zero-order valence-electron chi connectivity index (χ0n) is 12.2. The Bertz CT molecular complexity index is 451. The minimum Gasteiger partial charge on any atom is -0.362 e. The van der Waals surface area contributed by atoms with E-state index in [1.165, 1.54) is 37.7 Å². The number of amidine groups is 1. The number of hydrogen-bond acceptors (Lipinski definition) is 3. The Labute approximate surface area is 126 Å². The zero-order chi connectivity index (χ0) is 13.8. The van der Waals surface area contributed by atoms with Crippen LogP contribution in [0.15, 0.2) is 35.3 Å². The Morgan fingerprint density at radius 1 is 1.15 bits per heavy atom. The van der Waals surface area contributed by atoms with Crippen LogP contribution in [0, 0.1) is 5.92 Å². The summed E-state index contributed by atoms with van der Waals surface area (Å²) in [7, 11) is 0. The van der Waals surface area contributed by atoms with Crippen LogP contribution in [-0.4, -0.2) is 17.8 Å². The molecule has 0 radical (unpaired) electrons. The van der Waals surface area contributed by atoms with Gasteiger partial charge in [-0.15, -0.1) is 0 Å². The van der Waals surface area contributed by atoms with Gasteiger partial charge in [-0.05, 0) is 31.2 Å². The summed E-state index contributed by atoms with van der Waals surface area (Å²) in [5.74, 6) is 0.836. The maximum atomic E-state index is 4.70. The number of thioether (sulfide) groups is 1. The molecule has 108 valence electrons. The molecule has 0 spiro atoms. The van der Waals surface area contributed by atoms with E-state index in [0.717, 1.165) is 17.6 Å². The van der Waals surface area contributed by atoms with Gasteiger partial charge in [0.05, 0.1) is 11.8 Å². The molecule has 1 aromatic carbocycles. The summed E-state index contributed by atoms with van der Waals surface area (Å²) in [4.78, 5) is 4.70. The second kappa shape index (κ2) is 6.66. The lowest BCUT2D eigenvalue weighted by Crippen LogP contribution is -2.37. The van der Waals surface area contributed by atoms with Crippen molar-refractivity contribution >= 4 is 16.9 Å². The molecule has 20 heavy (non-hydrogen) atoms. The van der Waals surface area contributed by atoms with E-state index in [2.05, 4.69) is 42.6 Å². The molecule has 1 N–H and O–H groups in total. The zero-order valence-corrected chi connectivity index (χ0v) is 13.0. The largest absolute Gasteiger partial charge is 0.362 e. The number of hydrogen-bond donors (Lipinski definition) is 1. The molecule has 1 aromatic rings. The fraction of sp³-hybridized carbons (Fsp3) is 0.588. The Hall–Kier alpha value is -0.960. The second-order valence-corrected chi connectivity index (χ2v) is 7.19. The molecule has 1 heterocycles. The Morgan fingerprint density at radius 3 is 2.65 bits per heavy atom. The highest BCUT2D eigenvalue weighted by atomic mass is 32.2. The highest BCUT2D eigenvalue weighted by molar-refractivity contribution is 8.14. The molecule has 1 fully saturated rings. The number of nitrogens with one attached hydrogen (secondary N) is 1. The predicted molar refractivity (Wildman–Crippen MR) is 88.2 cm³/mol. The minimum atomic E-state index is 0.497. The summed E-state index contributed by atoms with van der Waals surface area (Å²) in [5, 5.41) is 5.31. The van der Waals surface area contributed by atoms with Crippen LogP contribution in [0.2, 0.25) is 0 Å². The average molecular weight is 288 g/mol. The highest BCUT2D eigenvalue weighted by Crippen LogP contribution is 2.35. The van der Waals surface area contributed by atoms with E-state index in [-0.39, 0.29) is 0 Å². The summed E-state index contributed by atoms with van der Waals surface area (Å²) in [5.41, 5.74) is 1.39. The first-order valence-corrected chi connectivity index (χ1v) is 8.73. The first-order chi connectivity index (χ1) is 9.83. The fourth-order valence-electron chi connectivity index (χ4n) is 3.24. The van der Waals surface area contributed by atoms with Crippen molar-refractivity contribution in [3.8, 4) is 0 Å². The van der Waals surface area contributed by atoms with Gasteiger partial charge in [0.25, 0.3) is 0 Å². The van der Waals surface area contributed by atoms with Crippen molar-refractivity contribution in [3.63, 3.8) is 0 Å². The van der Waals surface area contributed by atoms with Crippen LogP contribution in [0.3, 0.4) is 0 Å². The van der Waals surface area contributed by atoms with Crippen LogP contribution in [0.1, 0.15) is 49.8 Å². The second-order valence-electron chi connectivity index (χ2n) is 5.99. The molecule has 2 aliphatic rings. The quantitative estimate of drug-likeness (QED) is 0.892. The van der Waals surface area contributed by atoms with E-state index >= 15 is 0 Å². The smallest absolute Gasteiger partial charge is 0.157 e. The van der Waals surface area contributed by atoms with Gasteiger partial charge in [0, 0.05) is 6.04 Å². The molecule has 3 rings (SSSR count). The first-order valence-electron chi connectivity index (χ1n) is 7.85. The van der Waals surface area contributed by atoms with E-state index in [0.29, 0.717) is 11.3 Å². The van der Waals surface area contributed by atoms with E-state index in [1.807, 2.05) is 11.8 Å². The molecule has 0 amide bonds. The van der Waals surface area contributed by atoms with Gasteiger partial charge in [-0.1, -0.05) is 61.4 Å². The van der Waals surface area contributed by atoms with Crippen molar-refractivity contribution in [2.45, 2.75) is 50.3 Å². The third-order valence-electron chi connectivity index (χ3n) is 4.53. The lowest BCUT2D eigenvalue weighted by Gasteiger charge is -2.28. The van der Waals surface area contributed by atoms with Gasteiger partial charge in [-0.2, -0.15) is 0 Å². The standard InChI is InChI=1S/C17H24N2S/c1-13(14-8-4-2-5-9-14)19-17-18-12-16(20-17)15-10-6-3-7-11-15/h3,6-7,10-11,13-14,16H,2,4-5,8-9,12H2,1H3,(H,18,19). The van der Waals surface area contributed by atoms with E-state index in [4.69, 9.17) is 4.99 Å². The summed E-state index contributed by atoms with van der Waals surface area (Å²) < 4.78 is 0. The van der Waals surface area contributed by atoms with Gasteiger partial charge < -0.3 is 5.32 Å². The molecule has 1 aliphatic heterocycles. The van der Waals surface area contributed by atoms with E-state index in [9.17, 15) is 0 Å². The van der Waals surface area contributed by atoms with Crippen molar-refractivity contribution in [2.75, 3.05) is 6.54 Å². The van der Waals surface area contributed by atoms with Crippen molar-refractivity contribution in [1.82, 2.24) is 5.32 Å². The summed E-state index contributed by atoms with van der Waals surface area (Å²) in [6.07, 6.45) is 7.00. The van der Waals surface area contributed by atoms with Crippen LogP contribution in [0.4, 0.5) is 0 Å². The van der Waals surface area contributed by atoms with Crippen LogP contribution in [-0.2, 0) is 0 Å². The van der Waals surface area contributed by atoms with Crippen molar-refractivity contribution in [2.24, 2.45) is 10.9 Å². The molecule has 0 bridgehead atoms. The van der Waals surface area contributed by atoms with Crippen LogP contribution < -0.4 is 5.32 Å². The van der Waals surface area contributed by atoms with E-state index in [1.54, 1.807) is 0 Å². The SMILES string of the molecule is CC(NC1=NCC(c2ccccc2)S1)C1CCCCC1. The minimum absolute atomic E-state index is 0.497. The highest BCUT2D eigenvalue weighted by Gasteiger charge is 2.25. The van der Waals surface area contributed by atoms with Crippen LogP contribution in [0.25, 0.3) is 0 Å². The summed E-state index contributed by atoms with van der Waals surface area (Å²) in [6, 6.07) is 11.3.